The van der Waals surface area contributed by atoms with Crippen molar-refractivity contribution < 1.29 is 4.48 Å². The molecule has 3 nitrogen and oxygen atoms in total. The molecule has 0 spiro atoms. The first-order valence-corrected chi connectivity index (χ1v) is 8.78. The Morgan fingerprint density at radius 1 is 1.23 bits per heavy atom. The van der Waals surface area contributed by atoms with Crippen LogP contribution in [0.3, 0.4) is 0 Å². The van der Waals surface area contributed by atoms with Crippen LogP contribution >= 0.6 is 11.8 Å². The second-order valence-corrected chi connectivity index (χ2v) is 8.32. The van der Waals surface area contributed by atoms with E-state index in [1.54, 1.807) is 0 Å². The van der Waals surface area contributed by atoms with Gasteiger partial charge in [0.05, 0.1) is 19.7 Å². The van der Waals surface area contributed by atoms with E-state index in [1.165, 1.54) is 10.5 Å². The molecule has 2 aliphatic heterocycles. The monoisotopic (exact) mass is 314 g/mol. The van der Waals surface area contributed by atoms with Crippen molar-refractivity contribution in [3.63, 3.8) is 0 Å². The first-order valence-electron chi connectivity index (χ1n) is 7.79. The van der Waals surface area contributed by atoms with Gasteiger partial charge in [-0.15, -0.1) is 11.8 Å². The van der Waals surface area contributed by atoms with E-state index in [-0.39, 0.29) is 5.41 Å². The Morgan fingerprint density at radius 3 is 2.68 bits per heavy atom. The van der Waals surface area contributed by atoms with Gasteiger partial charge < -0.3 is 0 Å². The van der Waals surface area contributed by atoms with Crippen LogP contribution in [0.25, 0.3) is 0 Å². The average Bonchev–Trinajstić information content (AvgIpc) is 2.69. The topological polar surface area (TPSA) is 24.7 Å². The summed E-state index contributed by atoms with van der Waals surface area (Å²) >= 11 is 1.87. The maximum atomic E-state index is 5.01. The molecule has 0 atom stereocenters. The van der Waals surface area contributed by atoms with E-state index in [1.807, 2.05) is 11.8 Å². The number of aliphatic imine (C=N–C) groups is 2. The number of allylic oxidation sites excluding steroid dienone is 1. The number of rotatable bonds is 3. The van der Waals surface area contributed by atoms with Crippen LogP contribution in [0.4, 0.5) is 0 Å². The fourth-order valence-electron chi connectivity index (χ4n) is 3.07. The normalized spacial score (nSPS) is 21.8. The largest absolute Gasteiger partial charge is 0.255 e. The Morgan fingerprint density at radius 2 is 1.95 bits per heavy atom. The minimum Gasteiger partial charge on any atom is -0.229 e. The summed E-state index contributed by atoms with van der Waals surface area (Å²) in [6, 6.07) is 8.58. The maximum Gasteiger partial charge on any atom is 0.255 e. The summed E-state index contributed by atoms with van der Waals surface area (Å²) in [5.74, 6) is 3.26. The third-order valence-electron chi connectivity index (χ3n) is 4.15. The fourth-order valence-corrected chi connectivity index (χ4v) is 3.87. The zero-order chi connectivity index (χ0) is 16.0. The molecular weight excluding hydrogens is 290 g/mol. The minimum absolute atomic E-state index is 0.0927. The zero-order valence-electron chi connectivity index (χ0n) is 14.1. The second kappa shape index (κ2) is 5.36. The third-order valence-corrected chi connectivity index (χ3v) is 5.10. The van der Waals surface area contributed by atoms with Gasteiger partial charge in [0.25, 0.3) is 5.82 Å². The van der Waals surface area contributed by atoms with E-state index in [9.17, 15) is 0 Å². The van der Waals surface area contributed by atoms with Crippen LogP contribution in [0, 0.1) is 5.41 Å². The Balaban J connectivity index is 2.06. The Kier molecular flexibility index (Phi) is 3.77. The lowest BCUT2D eigenvalue weighted by Gasteiger charge is -2.29. The molecule has 116 valence electrons. The van der Waals surface area contributed by atoms with Crippen molar-refractivity contribution in [1.29, 1.82) is 0 Å². The van der Waals surface area contributed by atoms with Gasteiger partial charge in [-0.1, -0.05) is 32.9 Å². The summed E-state index contributed by atoms with van der Waals surface area (Å²) in [5.41, 5.74) is 2.47. The van der Waals surface area contributed by atoms with Crippen LogP contribution in [-0.4, -0.2) is 36.4 Å². The van der Waals surface area contributed by atoms with Crippen LogP contribution in [0.1, 0.15) is 32.8 Å². The summed E-state index contributed by atoms with van der Waals surface area (Å²) in [6.45, 7) is 6.62. The molecule has 4 heteroatoms. The molecule has 0 saturated carbocycles. The quantitative estimate of drug-likeness (QED) is 0.603. The van der Waals surface area contributed by atoms with Crippen LogP contribution < -0.4 is 0 Å². The lowest BCUT2D eigenvalue weighted by atomic mass is 9.88. The highest BCUT2D eigenvalue weighted by Gasteiger charge is 2.43. The van der Waals surface area contributed by atoms with Crippen LogP contribution in [-0.2, 0) is 0 Å². The van der Waals surface area contributed by atoms with Crippen LogP contribution in [0.15, 0.2) is 50.7 Å². The predicted molar refractivity (Wildman–Crippen MR) is 95.4 cm³/mol. The third kappa shape index (κ3) is 2.55. The van der Waals surface area contributed by atoms with E-state index < -0.39 is 0 Å². The number of quaternary nitrogens is 1. The SMILES string of the molecule is CCSc1ccccc1C1=NC2=C(N=CC(C)(C)C2)[N+]1(C)C. The molecule has 0 aliphatic carbocycles. The predicted octanol–water partition coefficient (Wildman–Crippen LogP) is 4.31. The number of hydrogen-bond acceptors (Lipinski definition) is 3. The maximum absolute atomic E-state index is 5.01. The molecule has 0 N–H and O–H groups in total. The van der Waals surface area contributed by atoms with Gasteiger partial charge in [0.2, 0.25) is 5.84 Å². The average molecular weight is 314 g/mol. The molecule has 0 fully saturated rings. The number of amidine groups is 1. The standard InChI is InChI=1S/C18H24N3S/c1-6-22-15-10-8-7-9-13(15)16-20-14-11-18(2,3)12-19-17(14)21(16,4)5/h7-10,12H,6,11H2,1-5H3/q+1. The molecule has 0 aromatic heterocycles. The van der Waals surface area contributed by atoms with Crippen LogP contribution in [0.2, 0.25) is 0 Å². The van der Waals surface area contributed by atoms with E-state index in [0.717, 1.165) is 29.5 Å². The molecule has 1 aromatic carbocycles. The molecule has 2 heterocycles. The lowest BCUT2D eigenvalue weighted by Crippen LogP contribution is -2.43. The molecule has 2 aliphatic rings. The van der Waals surface area contributed by atoms with Crippen molar-refractivity contribution in [3.05, 3.63) is 41.3 Å². The number of benzene rings is 1. The Labute approximate surface area is 137 Å². The van der Waals surface area contributed by atoms with Gasteiger partial charge in [-0.2, -0.15) is 4.99 Å². The molecule has 1 aromatic rings. The number of thioether (sulfide) groups is 1. The van der Waals surface area contributed by atoms with Gasteiger partial charge in [-0.05, 0) is 17.9 Å². The fraction of sp³-hybridized carbons (Fsp3) is 0.444. The van der Waals surface area contributed by atoms with Gasteiger partial charge >= 0.3 is 0 Å². The number of hydrogen-bond donors (Lipinski definition) is 0. The first kappa shape index (κ1) is 15.5. The van der Waals surface area contributed by atoms with Gasteiger partial charge in [0, 0.05) is 22.9 Å². The lowest BCUT2D eigenvalue weighted by molar-refractivity contribution is -0.755. The smallest absolute Gasteiger partial charge is 0.229 e. The van der Waals surface area contributed by atoms with Crippen molar-refractivity contribution >= 4 is 23.8 Å². The molecule has 0 unspecified atom stereocenters. The van der Waals surface area contributed by atoms with Crippen LogP contribution in [0.5, 0.6) is 0 Å². The van der Waals surface area contributed by atoms with E-state index >= 15 is 0 Å². The Hall–Kier alpha value is -1.39. The van der Waals surface area contributed by atoms with Gasteiger partial charge in [0.1, 0.15) is 5.70 Å². The molecule has 22 heavy (non-hydrogen) atoms. The molecular formula is C18H24N3S+. The summed E-state index contributed by atoms with van der Waals surface area (Å²) < 4.78 is 0.628. The second-order valence-electron chi connectivity index (χ2n) is 7.01. The van der Waals surface area contributed by atoms with Crippen molar-refractivity contribution in [2.45, 2.75) is 32.1 Å². The summed E-state index contributed by atoms with van der Waals surface area (Å²) in [7, 11) is 4.37. The van der Waals surface area contributed by atoms with Gasteiger partial charge in [-0.25, -0.2) is 9.48 Å². The highest BCUT2D eigenvalue weighted by Crippen LogP contribution is 2.40. The zero-order valence-corrected chi connectivity index (χ0v) is 14.9. The molecule has 0 radical (unpaired) electrons. The van der Waals surface area contributed by atoms with Crippen molar-refractivity contribution in [1.82, 2.24) is 0 Å². The number of nitrogens with zero attached hydrogens (tertiary/aromatic N) is 3. The Bertz CT molecular complexity index is 696. The van der Waals surface area contributed by atoms with E-state index in [4.69, 9.17) is 9.98 Å². The summed E-state index contributed by atoms with van der Waals surface area (Å²) in [5, 5.41) is 0. The van der Waals surface area contributed by atoms with Crippen molar-refractivity contribution in [3.8, 4) is 0 Å². The van der Waals surface area contributed by atoms with Gasteiger partial charge in [-0.3, -0.25) is 0 Å². The minimum atomic E-state index is 0.0927. The molecule has 3 rings (SSSR count). The van der Waals surface area contributed by atoms with Crippen molar-refractivity contribution in [2.24, 2.45) is 15.4 Å². The highest BCUT2D eigenvalue weighted by molar-refractivity contribution is 7.99. The molecule has 0 saturated heterocycles. The van der Waals surface area contributed by atoms with E-state index in [2.05, 4.69) is 65.3 Å². The summed E-state index contributed by atoms with van der Waals surface area (Å²) in [6.07, 6.45) is 3.04. The summed E-state index contributed by atoms with van der Waals surface area (Å²) in [4.78, 5) is 11.1. The molecule has 0 amide bonds. The molecule has 0 bridgehead atoms. The highest BCUT2D eigenvalue weighted by atomic mass is 32.2. The van der Waals surface area contributed by atoms with Gasteiger partial charge in [0.15, 0.2) is 0 Å². The van der Waals surface area contributed by atoms with Crippen molar-refractivity contribution in [2.75, 3.05) is 19.8 Å². The first-order chi connectivity index (χ1) is 10.3. The van der Waals surface area contributed by atoms with E-state index in [0.29, 0.717) is 4.48 Å².